The van der Waals surface area contributed by atoms with Gasteiger partial charge in [-0.25, -0.2) is 4.79 Å². The molecule has 0 spiro atoms. The van der Waals surface area contributed by atoms with Crippen molar-refractivity contribution in [3.05, 3.63) is 85.0 Å². The Labute approximate surface area is 200 Å². The maximum atomic E-state index is 12.6. The molecule has 1 aliphatic carbocycles. The fourth-order valence-corrected chi connectivity index (χ4v) is 4.64. The number of nitriles is 1. The van der Waals surface area contributed by atoms with Crippen LogP contribution in [0.5, 0.6) is 11.5 Å². The first kappa shape index (κ1) is 24.8. The Balaban J connectivity index is 1.92. The van der Waals surface area contributed by atoms with E-state index < -0.39 is 40.2 Å². The fourth-order valence-electron chi connectivity index (χ4n) is 4.64. The van der Waals surface area contributed by atoms with Gasteiger partial charge >= 0.3 is 11.9 Å². The molecule has 1 unspecified atom stereocenters. The number of carbonyl (C=O) groups excluding carboxylic acids is 1. The highest BCUT2D eigenvalue weighted by atomic mass is 16.6. The molecule has 1 N–H and O–H groups in total. The molecule has 6 nitrogen and oxygen atoms in total. The van der Waals surface area contributed by atoms with E-state index in [1.165, 1.54) is 12.2 Å². The van der Waals surface area contributed by atoms with E-state index >= 15 is 0 Å². The van der Waals surface area contributed by atoms with Gasteiger partial charge in [0, 0.05) is 12.0 Å². The molecular formula is C28H29NO5. The second-order valence-electron chi connectivity index (χ2n) is 9.51. The van der Waals surface area contributed by atoms with E-state index in [2.05, 4.69) is 12.6 Å². The third-order valence-electron chi connectivity index (χ3n) is 6.64. The lowest BCUT2D eigenvalue weighted by molar-refractivity contribution is -0.147. The first-order valence-electron chi connectivity index (χ1n) is 11.0. The van der Waals surface area contributed by atoms with Gasteiger partial charge in [0.05, 0.1) is 12.0 Å². The van der Waals surface area contributed by atoms with Crippen molar-refractivity contribution in [2.45, 2.75) is 39.2 Å². The van der Waals surface area contributed by atoms with Crippen LogP contribution in [-0.4, -0.2) is 22.6 Å². The van der Waals surface area contributed by atoms with Crippen LogP contribution < -0.4 is 4.74 Å². The minimum atomic E-state index is -1.42. The Bertz CT molecular complexity index is 1160. The van der Waals surface area contributed by atoms with Crippen LogP contribution >= 0.6 is 0 Å². The second kappa shape index (κ2) is 9.18. The van der Waals surface area contributed by atoms with Crippen molar-refractivity contribution in [1.29, 1.82) is 5.26 Å². The van der Waals surface area contributed by atoms with Crippen LogP contribution in [0.4, 0.5) is 0 Å². The van der Waals surface area contributed by atoms with E-state index in [0.717, 1.165) is 0 Å². The van der Waals surface area contributed by atoms with Crippen LogP contribution in [0, 0.1) is 28.1 Å². The Hall–Kier alpha value is -3.85. The van der Waals surface area contributed by atoms with Crippen molar-refractivity contribution in [3.63, 3.8) is 0 Å². The lowest BCUT2D eigenvalue weighted by Crippen LogP contribution is -2.29. The van der Waals surface area contributed by atoms with Crippen molar-refractivity contribution in [1.82, 2.24) is 0 Å². The lowest BCUT2D eigenvalue weighted by atomic mass is 9.78. The topological polar surface area (TPSA) is 96.6 Å². The van der Waals surface area contributed by atoms with E-state index in [-0.39, 0.29) is 0 Å². The number of carbonyl (C=O) groups is 2. The molecule has 0 saturated heterocycles. The smallest absolute Gasteiger partial charge is 0.331 e. The Morgan fingerprint density at radius 3 is 2.38 bits per heavy atom. The highest BCUT2D eigenvalue weighted by Crippen LogP contribution is 2.75. The summed E-state index contributed by atoms with van der Waals surface area (Å²) >= 11 is 0. The zero-order chi connectivity index (χ0) is 25.1. The number of ether oxygens (including phenoxy) is 2. The van der Waals surface area contributed by atoms with Gasteiger partial charge in [-0.1, -0.05) is 56.8 Å². The molecule has 0 aromatic heterocycles. The number of carboxylic acid groups (broad SMARTS) is 1. The number of allylic oxidation sites excluding steroid dienone is 1. The molecule has 6 heteroatoms. The van der Waals surface area contributed by atoms with Gasteiger partial charge in [0.25, 0.3) is 0 Å². The average Bonchev–Trinajstić information content (AvgIpc) is 3.29. The van der Waals surface area contributed by atoms with Gasteiger partial charge in [-0.2, -0.15) is 5.26 Å². The predicted octanol–water partition coefficient (Wildman–Crippen LogP) is 5.88. The third kappa shape index (κ3) is 4.47. The molecule has 0 aliphatic heterocycles. The summed E-state index contributed by atoms with van der Waals surface area (Å²) in [6.45, 7) is 10.6. The van der Waals surface area contributed by atoms with E-state index in [0.29, 0.717) is 17.1 Å². The molecule has 3 rings (SSSR count). The van der Waals surface area contributed by atoms with Crippen molar-refractivity contribution < 1.29 is 24.2 Å². The molecule has 0 amide bonds. The summed E-state index contributed by atoms with van der Waals surface area (Å²) in [5.41, 5.74) is -2.51. The molecular weight excluding hydrogens is 430 g/mol. The SMILES string of the molecule is C=CC(C)(C)OC(=O)C=C[C@H]1C(C)(C)[C@]1(C(=O)O)C(C#N)c1cccc(Oc2ccccc2)c1. The lowest BCUT2D eigenvalue weighted by Gasteiger charge is -2.22. The molecule has 1 aliphatic rings. The molecule has 3 atom stereocenters. The third-order valence-corrected chi connectivity index (χ3v) is 6.64. The number of rotatable bonds is 9. The van der Waals surface area contributed by atoms with Gasteiger partial charge in [-0.3, -0.25) is 4.79 Å². The summed E-state index contributed by atoms with van der Waals surface area (Å²) in [6.07, 6.45) is 4.30. The largest absolute Gasteiger partial charge is 0.481 e. The van der Waals surface area contributed by atoms with Crippen LogP contribution in [0.3, 0.4) is 0 Å². The highest BCUT2D eigenvalue weighted by molar-refractivity contribution is 5.86. The van der Waals surface area contributed by atoms with Crippen LogP contribution in [0.15, 0.2) is 79.4 Å². The highest BCUT2D eigenvalue weighted by Gasteiger charge is 2.78. The molecule has 1 saturated carbocycles. The number of para-hydroxylation sites is 1. The predicted molar refractivity (Wildman–Crippen MR) is 128 cm³/mol. The maximum absolute atomic E-state index is 12.6. The Morgan fingerprint density at radius 2 is 1.79 bits per heavy atom. The number of carboxylic acids is 1. The summed E-state index contributed by atoms with van der Waals surface area (Å²) in [5.74, 6) is -2.07. The van der Waals surface area contributed by atoms with Crippen molar-refractivity contribution in [2.75, 3.05) is 0 Å². The number of hydrogen-bond donors (Lipinski definition) is 1. The Morgan fingerprint density at radius 1 is 1.15 bits per heavy atom. The molecule has 34 heavy (non-hydrogen) atoms. The molecule has 0 heterocycles. The van der Waals surface area contributed by atoms with E-state index in [1.807, 2.05) is 30.3 Å². The zero-order valence-corrected chi connectivity index (χ0v) is 19.8. The van der Waals surface area contributed by atoms with Gasteiger partial charge in [0.15, 0.2) is 0 Å². The van der Waals surface area contributed by atoms with Gasteiger partial charge in [-0.15, -0.1) is 0 Å². The number of nitrogens with zero attached hydrogens (tertiary/aromatic N) is 1. The maximum Gasteiger partial charge on any atom is 0.331 e. The van der Waals surface area contributed by atoms with Gasteiger partial charge in [-0.05, 0) is 55.2 Å². The standard InChI is InChI=1S/C28H29NO5/c1-6-26(2,3)34-24(30)16-15-23-27(4,5)28(23,25(31)32)22(18-29)19-11-10-14-21(17-19)33-20-12-8-7-9-13-20/h6-17,22-23H,1H2,2-5H3,(H,31,32)/t22?,23-,28+/m0/s1. The number of hydrogen-bond acceptors (Lipinski definition) is 5. The second-order valence-corrected chi connectivity index (χ2v) is 9.51. The molecule has 1 fully saturated rings. The van der Waals surface area contributed by atoms with Crippen LogP contribution in [0.25, 0.3) is 0 Å². The summed E-state index contributed by atoms with van der Waals surface area (Å²) in [4.78, 5) is 24.9. The van der Waals surface area contributed by atoms with E-state index in [1.54, 1.807) is 58.0 Å². The van der Waals surface area contributed by atoms with E-state index in [4.69, 9.17) is 9.47 Å². The minimum absolute atomic E-state index is 0.505. The van der Waals surface area contributed by atoms with Crippen LogP contribution in [0.1, 0.15) is 39.2 Å². The minimum Gasteiger partial charge on any atom is -0.481 e. The van der Waals surface area contributed by atoms with E-state index in [9.17, 15) is 20.0 Å². The summed E-state index contributed by atoms with van der Waals surface area (Å²) in [7, 11) is 0. The van der Waals surface area contributed by atoms with Crippen LogP contribution in [-0.2, 0) is 14.3 Å². The molecule has 2 aromatic rings. The zero-order valence-electron chi connectivity index (χ0n) is 19.8. The van der Waals surface area contributed by atoms with Gasteiger partial charge in [0.1, 0.15) is 22.5 Å². The summed E-state index contributed by atoms with van der Waals surface area (Å²) in [5, 5.41) is 20.4. The van der Waals surface area contributed by atoms with Crippen molar-refractivity contribution in [3.8, 4) is 17.6 Å². The number of aliphatic carboxylic acids is 1. The summed E-state index contributed by atoms with van der Waals surface area (Å²) in [6, 6.07) is 18.3. The monoisotopic (exact) mass is 459 g/mol. The average molecular weight is 460 g/mol. The van der Waals surface area contributed by atoms with Crippen molar-refractivity contribution >= 4 is 11.9 Å². The van der Waals surface area contributed by atoms with Gasteiger partial charge < -0.3 is 14.6 Å². The molecule has 0 bridgehead atoms. The molecule has 0 radical (unpaired) electrons. The summed E-state index contributed by atoms with van der Waals surface area (Å²) < 4.78 is 11.2. The van der Waals surface area contributed by atoms with Crippen molar-refractivity contribution in [2.24, 2.45) is 16.7 Å². The first-order valence-corrected chi connectivity index (χ1v) is 11.0. The van der Waals surface area contributed by atoms with Gasteiger partial charge in [0.2, 0.25) is 0 Å². The molecule has 2 aromatic carbocycles. The number of benzene rings is 2. The fraction of sp³-hybridized carbons (Fsp3) is 0.321. The quantitative estimate of drug-likeness (QED) is 0.286. The molecule has 176 valence electrons. The van der Waals surface area contributed by atoms with Crippen LogP contribution in [0.2, 0.25) is 0 Å². The Kier molecular flexibility index (Phi) is 6.70. The normalized spacial score (nSPS) is 21.8. The number of esters is 1. The first-order chi connectivity index (χ1) is 16.0.